The zero-order valence-electron chi connectivity index (χ0n) is 12.7. The summed E-state index contributed by atoms with van der Waals surface area (Å²) in [4.78, 5) is 11.7. The van der Waals surface area contributed by atoms with Gasteiger partial charge in [0.15, 0.2) is 0 Å². The van der Waals surface area contributed by atoms with Crippen molar-refractivity contribution >= 4 is 5.91 Å². The van der Waals surface area contributed by atoms with Crippen LogP contribution in [0.15, 0.2) is 0 Å². The minimum absolute atomic E-state index is 0.0127. The van der Waals surface area contributed by atoms with Crippen molar-refractivity contribution in [2.75, 3.05) is 19.8 Å². The zero-order valence-corrected chi connectivity index (χ0v) is 12.7. The highest BCUT2D eigenvalue weighted by molar-refractivity contribution is 5.77. The number of nitrogens with two attached hydrogens (primary N) is 1. The quantitative estimate of drug-likeness (QED) is 0.743. The Morgan fingerprint density at radius 1 is 1.26 bits per heavy atom. The lowest BCUT2D eigenvalue weighted by Gasteiger charge is -2.30. The highest BCUT2D eigenvalue weighted by Gasteiger charge is 2.24. The molecular weight excluding hydrogens is 240 g/mol. The Morgan fingerprint density at radius 3 is 2.47 bits per heavy atom. The van der Waals surface area contributed by atoms with Gasteiger partial charge in [-0.2, -0.15) is 0 Å². The summed E-state index contributed by atoms with van der Waals surface area (Å²) in [5.74, 6) is 1.55. The Balaban J connectivity index is 2.20. The lowest BCUT2D eigenvalue weighted by molar-refractivity contribution is -0.127. The molecule has 0 aromatic rings. The Labute approximate surface area is 117 Å². The van der Waals surface area contributed by atoms with Crippen molar-refractivity contribution in [1.82, 2.24) is 5.32 Å². The zero-order chi connectivity index (χ0) is 14.3. The van der Waals surface area contributed by atoms with Gasteiger partial charge in [0.05, 0.1) is 6.61 Å². The first-order chi connectivity index (χ1) is 9.04. The Hall–Kier alpha value is -0.610. The number of nitrogens with one attached hydrogen (secondary N) is 1. The van der Waals surface area contributed by atoms with Gasteiger partial charge >= 0.3 is 0 Å². The fraction of sp³-hybridized carbons (Fsp3) is 0.933. The lowest BCUT2D eigenvalue weighted by Crippen LogP contribution is -2.39. The van der Waals surface area contributed by atoms with Gasteiger partial charge in [-0.25, -0.2) is 0 Å². The molecule has 0 heterocycles. The summed E-state index contributed by atoms with van der Waals surface area (Å²) in [5.41, 5.74) is 5.79. The van der Waals surface area contributed by atoms with Crippen molar-refractivity contribution in [2.45, 2.75) is 52.5 Å². The maximum atomic E-state index is 11.7. The average Bonchev–Trinajstić information content (AvgIpc) is 2.39. The van der Waals surface area contributed by atoms with E-state index in [0.717, 1.165) is 6.54 Å². The van der Waals surface area contributed by atoms with Gasteiger partial charge in [0.2, 0.25) is 5.91 Å². The first-order valence-corrected chi connectivity index (χ1v) is 7.61. The maximum absolute atomic E-state index is 11.7. The van der Waals surface area contributed by atoms with Crippen molar-refractivity contribution < 1.29 is 9.53 Å². The van der Waals surface area contributed by atoms with E-state index in [1.807, 2.05) is 6.92 Å². The second-order valence-electron chi connectivity index (χ2n) is 6.16. The third-order valence-corrected chi connectivity index (χ3v) is 4.32. The first-order valence-electron chi connectivity index (χ1n) is 7.61. The standard InChI is InChI=1S/C15H30N2O2/c1-11(2)12(3)17-15(18)10-19-9-14-7-5-4-6-13(14)8-16/h11-14H,4-10,16H2,1-3H3,(H,17,18). The van der Waals surface area contributed by atoms with Crippen LogP contribution < -0.4 is 11.1 Å². The van der Waals surface area contributed by atoms with Gasteiger partial charge < -0.3 is 15.8 Å². The van der Waals surface area contributed by atoms with Crippen molar-refractivity contribution in [1.29, 1.82) is 0 Å². The molecule has 0 aromatic heterocycles. The third kappa shape index (κ3) is 5.91. The number of carbonyl (C=O) groups excluding carboxylic acids is 1. The van der Waals surface area contributed by atoms with Crippen LogP contribution in [0.25, 0.3) is 0 Å². The van der Waals surface area contributed by atoms with Crippen LogP contribution in [0.5, 0.6) is 0 Å². The highest BCUT2D eigenvalue weighted by atomic mass is 16.5. The molecule has 0 aliphatic heterocycles. The Kier molecular flexibility index (Phi) is 7.39. The minimum atomic E-state index is -0.0127. The van der Waals surface area contributed by atoms with Gasteiger partial charge in [0.1, 0.15) is 6.61 Å². The van der Waals surface area contributed by atoms with Crippen molar-refractivity contribution in [3.8, 4) is 0 Å². The smallest absolute Gasteiger partial charge is 0.246 e. The van der Waals surface area contributed by atoms with E-state index < -0.39 is 0 Å². The van der Waals surface area contributed by atoms with Gasteiger partial charge in [0.25, 0.3) is 0 Å². The number of rotatable bonds is 7. The fourth-order valence-corrected chi connectivity index (χ4v) is 2.58. The molecule has 3 atom stereocenters. The molecule has 4 nitrogen and oxygen atoms in total. The molecule has 19 heavy (non-hydrogen) atoms. The van der Waals surface area contributed by atoms with E-state index in [0.29, 0.717) is 24.4 Å². The summed E-state index contributed by atoms with van der Waals surface area (Å²) in [7, 11) is 0. The van der Waals surface area contributed by atoms with Crippen LogP contribution in [0.1, 0.15) is 46.5 Å². The molecule has 1 aliphatic carbocycles. The van der Waals surface area contributed by atoms with E-state index in [2.05, 4.69) is 19.2 Å². The number of carbonyl (C=O) groups is 1. The molecule has 0 bridgehead atoms. The largest absolute Gasteiger partial charge is 0.371 e. The topological polar surface area (TPSA) is 64.3 Å². The van der Waals surface area contributed by atoms with E-state index in [-0.39, 0.29) is 18.6 Å². The second kappa shape index (κ2) is 8.54. The van der Waals surface area contributed by atoms with Crippen LogP contribution in [0.4, 0.5) is 0 Å². The molecule has 1 amide bonds. The van der Waals surface area contributed by atoms with Gasteiger partial charge in [-0.3, -0.25) is 4.79 Å². The molecule has 112 valence electrons. The summed E-state index contributed by atoms with van der Waals surface area (Å²) in [6.45, 7) is 7.80. The van der Waals surface area contributed by atoms with E-state index in [9.17, 15) is 4.79 Å². The van der Waals surface area contributed by atoms with Crippen molar-refractivity contribution in [3.05, 3.63) is 0 Å². The molecule has 4 heteroatoms. The molecule has 0 aromatic carbocycles. The van der Waals surface area contributed by atoms with Crippen LogP contribution in [0, 0.1) is 17.8 Å². The second-order valence-corrected chi connectivity index (χ2v) is 6.16. The molecule has 1 aliphatic rings. The highest BCUT2D eigenvalue weighted by Crippen LogP contribution is 2.29. The Bertz CT molecular complexity index is 269. The van der Waals surface area contributed by atoms with Gasteiger partial charge in [0, 0.05) is 6.04 Å². The van der Waals surface area contributed by atoms with E-state index in [1.54, 1.807) is 0 Å². The summed E-state index contributed by atoms with van der Waals surface area (Å²) in [5, 5.41) is 2.95. The lowest BCUT2D eigenvalue weighted by atomic mass is 9.80. The predicted octanol–water partition coefficient (Wildman–Crippen LogP) is 1.93. The summed E-state index contributed by atoms with van der Waals surface area (Å²) < 4.78 is 5.58. The third-order valence-electron chi connectivity index (χ3n) is 4.32. The average molecular weight is 270 g/mol. The predicted molar refractivity (Wildman–Crippen MR) is 77.8 cm³/mol. The Morgan fingerprint density at radius 2 is 1.89 bits per heavy atom. The number of hydrogen-bond donors (Lipinski definition) is 2. The SMILES string of the molecule is CC(C)C(C)NC(=O)COCC1CCCCC1CN. The molecule has 0 spiro atoms. The van der Waals surface area contributed by atoms with Crippen LogP contribution >= 0.6 is 0 Å². The minimum Gasteiger partial charge on any atom is -0.371 e. The number of hydrogen-bond acceptors (Lipinski definition) is 3. The van der Waals surface area contributed by atoms with Gasteiger partial charge in [-0.1, -0.05) is 26.7 Å². The van der Waals surface area contributed by atoms with Crippen LogP contribution in [0.3, 0.4) is 0 Å². The van der Waals surface area contributed by atoms with E-state index >= 15 is 0 Å². The molecule has 3 N–H and O–H groups in total. The van der Waals surface area contributed by atoms with E-state index in [1.165, 1.54) is 25.7 Å². The molecule has 1 fully saturated rings. The van der Waals surface area contributed by atoms with E-state index in [4.69, 9.17) is 10.5 Å². The maximum Gasteiger partial charge on any atom is 0.246 e. The normalized spacial score (nSPS) is 25.3. The summed E-state index contributed by atoms with van der Waals surface area (Å²) in [6.07, 6.45) is 4.94. The van der Waals surface area contributed by atoms with Gasteiger partial charge in [-0.05, 0) is 44.1 Å². The first kappa shape index (κ1) is 16.4. The number of ether oxygens (including phenoxy) is 1. The van der Waals surface area contributed by atoms with Crippen molar-refractivity contribution in [2.24, 2.45) is 23.5 Å². The van der Waals surface area contributed by atoms with Crippen LogP contribution in [0.2, 0.25) is 0 Å². The van der Waals surface area contributed by atoms with Crippen LogP contribution in [-0.4, -0.2) is 31.7 Å². The molecule has 1 saturated carbocycles. The molecule has 1 rings (SSSR count). The monoisotopic (exact) mass is 270 g/mol. The summed E-state index contributed by atoms with van der Waals surface area (Å²) in [6, 6.07) is 0.197. The summed E-state index contributed by atoms with van der Waals surface area (Å²) >= 11 is 0. The van der Waals surface area contributed by atoms with Gasteiger partial charge in [-0.15, -0.1) is 0 Å². The number of amides is 1. The molecule has 0 radical (unpaired) electrons. The molecule has 3 unspecified atom stereocenters. The fourth-order valence-electron chi connectivity index (χ4n) is 2.58. The molecular formula is C15H30N2O2. The molecule has 0 saturated heterocycles. The van der Waals surface area contributed by atoms with Crippen LogP contribution in [-0.2, 0) is 9.53 Å². The van der Waals surface area contributed by atoms with Crippen molar-refractivity contribution in [3.63, 3.8) is 0 Å².